The predicted molar refractivity (Wildman–Crippen MR) is 69.1 cm³/mol. The molecule has 1 aliphatic carbocycles. The molecule has 1 spiro atoms. The van der Waals surface area contributed by atoms with Crippen molar-refractivity contribution in [2.45, 2.75) is 63.8 Å². The van der Waals surface area contributed by atoms with E-state index < -0.39 is 5.60 Å². The molecule has 2 fully saturated rings. The molecule has 3 rings (SSSR count). The van der Waals surface area contributed by atoms with Crippen molar-refractivity contribution in [2.24, 2.45) is 11.3 Å². The van der Waals surface area contributed by atoms with E-state index in [1.807, 2.05) is 19.9 Å². The molecular weight excluding hydrogens is 228 g/mol. The number of aliphatic hydroxyl groups is 1. The average molecular weight is 252 g/mol. The second-order valence-electron chi connectivity index (χ2n) is 7.30. The Bertz CT molecular complexity index is 397. The molecule has 0 unspecified atom stereocenters. The lowest BCUT2D eigenvalue weighted by molar-refractivity contribution is -0.151. The van der Waals surface area contributed by atoms with Crippen LogP contribution in [-0.2, 0) is 9.47 Å². The van der Waals surface area contributed by atoms with E-state index in [4.69, 9.17) is 9.47 Å². The third kappa shape index (κ3) is 1.32. The Morgan fingerprint density at radius 3 is 2.72 bits per heavy atom. The highest BCUT2D eigenvalue weighted by molar-refractivity contribution is 5.27. The number of hydrogen-bond acceptors (Lipinski definition) is 3. The molecule has 2 aliphatic heterocycles. The van der Waals surface area contributed by atoms with Gasteiger partial charge < -0.3 is 14.6 Å². The van der Waals surface area contributed by atoms with Crippen LogP contribution in [0.3, 0.4) is 0 Å². The van der Waals surface area contributed by atoms with Crippen molar-refractivity contribution in [3.63, 3.8) is 0 Å². The van der Waals surface area contributed by atoms with Gasteiger partial charge in [0.15, 0.2) is 0 Å². The Morgan fingerprint density at radius 2 is 2.06 bits per heavy atom. The molecule has 2 heterocycles. The standard InChI is InChI=1S/C15H24O3/c1-12(2,16)11-5-6-13(3)10-18-14(4)7-8-17-15(13,14)9-11/h7-8,11,16H,5-6,9-10H2,1-4H3/t11-,13-,14+,15+/m0/s1. The fraction of sp³-hybridized carbons (Fsp3) is 0.867. The normalized spacial score (nSPS) is 50.8. The van der Waals surface area contributed by atoms with Crippen LogP contribution in [0.15, 0.2) is 12.3 Å². The zero-order valence-corrected chi connectivity index (χ0v) is 11.8. The summed E-state index contributed by atoms with van der Waals surface area (Å²) in [6, 6.07) is 0. The van der Waals surface area contributed by atoms with Gasteiger partial charge in [-0.05, 0) is 52.0 Å². The van der Waals surface area contributed by atoms with Crippen molar-refractivity contribution in [3.05, 3.63) is 12.3 Å². The van der Waals surface area contributed by atoms with Crippen LogP contribution in [0.1, 0.15) is 47.0 Å². The van der Waals surface area contributed by atoms with Gasteiger partial charge in [-0.3, -0.25) is 0 Å². The van der Waals surface area contributed by atoms with E-state index in [1.165, 1.54) is 0 Å². The summed E-state index contributed by atoms with van der Waals surface area (Å²) in [4.78, 5) is 0. The zero-order chi connectivity index (χ0) is 13.2. The lowest BCUT2D eigenvalue weighted by Crippen LogP contribution is -2.59. The van der Waals surface area contributed by atoms with E-state index in [9.17, 15) is 5.11 Å². The predicted octanol–water partition coefficient (Wildman–Crippen LogP) is 2.64. The Kier molecular flexibility index (Phi) is 2.30. The molecule has 0 aromatic heterocycles. The van der Waals surface area contributed by atoms with Crippen molar-refractivity contribution in [1.82, 2.24) is 0 Å². The number of hydrogen-bond donors (Lipinski definition) is 1. The van der Waals surface area contributed by atoms with E-state index in [-0.39, 0.29) is 22.5 Å². The Labute approximate surface area is 109 Å². The van der Waals surface area contributed by atoms with Gasteiger partial charge in [0, 0.05) is 5.41 Å². The van der Waals surface area contributed by atoms with Crippen LogP contribution in [0.2, 0.25) is 0 Å². The maximum atomic E-state index is 10.3. The Balaban J connectivity index is 1.99. The molecule has 0 aromatic rings. The number of ether oxygens (including phenoxy) is 2. The summed E-state index contributed by atoms with van der Waals surface area (Å²) in [5.74, 6) is 0.270. The van der Waals surface area contributed by atoms with Gasteiger partial charge in [0.25, 0.3) is 0 Å². The lowest BCUT2D eigenvalue weighted by atomic mass is 9.56. The topological polar surface area (TPSA) is 38.7 Å². The largest absolute Gasteiger partial charge is 0.491 e. The average Bonchev–Trinajstić information content (AvgIpc) is 2.68. The Hall–Kier alpha value is -0.540. The molecule has 18 heavy (non-hydrogen) atoms. The first kappa shape index (κ1) is 12.5. The minimum Gasteiger partial charge on any atom is -0.491 e. The fourth-order valence-corrected chi connectivity index (χ4v) is 4.18. The van der Waals surface area contributed by atoms with Gasteiger partial charge in [-0.15, -0.1) is 0 Å². The monoisotopic (exact) mass is 252 g/mol. The molecule has 0 aromatic carbocycles. The van der Waals surface area contributed by atoms with E-state index in [1.54, 1.807) is 6.26 Å². The smallest absolute Gasteiger partial charge is 0.148 e. The minimum absolute atomic E-state index is 0.0625. The SMILES string of the molecule is CC(C)(O)[C@H]1CC[C@@]2(C)CO[C@]3(C)C=CO[C@]23C1. The molecule has 1 saturated heterocycles. The molecule has 3 aliphatic rings. The first-order chi connectivity index (χ1) is 8.23. The maximum absolute atomic E-state index is 10.3. The molecule has 3 nitrogen and oxygen atoms in total. The Morgan fingerprint density at radius 1 is 1.33 bits per heavy atom. The third-order valence-electron chi connectivity index (χ3n) is 5.70. The summed E-state index contributed by atoms with van der Waals surface area (Å²) < 4.78 is 12.2. The van der Waals surface area contributed by atoms with E-state index in [0.29, 0.717) is 0 Å². The highest BCUT2D eigenvalue weighted by Crippen LogP contribution is 2.62. The van der Waals surface area contributed by atoms with Crippen molar-refractivity contribution in [1.29, 1.82) is 0 Å². The van der Waals surface area contributed by atoms with Gasteiger partial charge in [-0.25, -0.2) is 0 Å². The van der Waals surface area contributed by atoms with Gasteiger partial charge in [0.05, 0.1) is 18.5 Å². The van der Waals surface area contributed by atoms with Crippen molar-refractivity contribution in [3.8, 4) is 0 Å². The summed E-state index contributed by atoms with van der Waals surface area (Å²) in [5, 5.41) is 10.3. The molecule has 0 bridgehead atoms. The van der Waals surface area contributed by atoms with Crippen LogP contribution >= 0.6 is 0 Å². The van der Waals surface area contributed by atoms with Crippen molar-refractivity contribution < 1.29 is 14.6 Å². The molecule has 102 valence electrons. The minimum atomic E-state index is -0.647. The van der Waals surface area contributed by atoms with Gasteiger partial charge in [0.1, 0.15) is 11.2 Å². The molecule has 1 N–H and O–H groups in total. The second kappa shape index (κ2) is 3.31. The van der Waals surface area contributed by atoms with Crippen molar-refractivity contribution >= 4 is 0 Å². The lowest BCUT2D eigenvalue weighted by Gasteiger charge is -2.52. The van der Waals surface area contributed by atoms with Gasteiger partial charge >= 0.3 is 0 Å². The first-order valence-electron chi connectivity index (χ1n) is 6.94. The summed E-state index contributed by atoms with van der Waals surface area (Å²) in [7, 11) is 0. The van der Waals surface area contributed by atoms with Crippen LogP contribution in [0.25, 0.3) is 0 Å². The highest BCUT2D eigenvalue weighted by atomic mass is 16.6. The molecule has 0 amide bonds. The van der Waals surface area contributed by atoms with E-state index in [0.717, 1.165) is 25.9 Å². The van der Waals surface area contributed by atoms with Crippen LogP contribution < -0.4 is 0 Å². The maximum Gasteiger partial charge on any atom is 0.148 e. The summed E-state index contributed by atoms with van der Waals surface area (Å²) in [6.07, 6.45) is 6.81. The fourth-order valence-electron chi connectivity index (χ4n) is 4.18. The van der Waals surface area contributed by atoms with Gasteiger partial charge in [-0.2, -0.15) is 0 Å². The van der Waals surface area contributed by atoms with Crippen molar-refractivity contribution in [2.75, 3.05) is 6.61 Å². The van der Waals surface area contributed by atoms with E-state index in [2.05, 4.69) is 13.8 Å². The molecule has 3 heteroatoms. The summed E-state index contributed by atoms with van der Waals surface area (Å²) in [5.41, 5.74) is -1.20. The van der Waals surface area contributed by atoms with Crippen LogP contribution in [0.4, 0.5) is 0 Å². The zero-order valence-electron chi connectivity index (χ0n) is 11.8. The van der Waals surface area contributed by atoms with Crippen LogP contribution in [-0.4, -0.2) is 28.5 Å². The summed E-state index contributed by atoms with van der Waals surface area (Å²) in [6.45, 7) is 8.96. The third-order valence-corrected chi connectivity index (χ3v) is 5.70. The quantitative estimate of drug-likeness (QED) is 0.779. The van der Waals surface area contributed by atoms with Gasteiger partial charge in [0.2, 0.25) is 0 Å². The first-order valence-corrected chi connectivity index (χ1v) is 6.94. The second-order valence-corrected chi connectivity index (χ2v) is 7.30. The molecule has 0 radical (unpaired) electrons. The van der Waals surface area contributed by atoms with Crippen LogP contribution in [0, 0.1) is 11.3 Å². The summed E-state index contributed by atoms with van der Waals surface area (Å²) >= 11 is 0. The molecular formula is C15H24O3. The molecule has 4 atom stereocenters. The highest BCUT2D eigenvalue weighted by Gasteiger charge is 2.70. The molecule has 1 saturated carbocycles. The van der Waals surface area contributed by atoms with Crippen LogP contribution in [0.5, 0.6) is 0 Å². The van der Waals surface area contributed by atoms with E-state index >= 15 is 0 Å². The number of rotatable bonds is 1. The van der Waals surface area contributed by atoms with Gasteiger partial charge in [-0.1, -0.05) is 6.92 Å².